The van der Waals surface area contributed by atoms with Crippen LogP contribution in [0.3, 0.4) is 0 Å². The van der Waals surface area contributed by atoms with E-state index in [-0.39, 0.29) is 12.2 Å². The lowest BCUT2D eigenvalue weighted by Gasteiger charge is -2.02. The largest absolute Gasteiger partial charge is 0.326 e. The zero-order valence-corrected chi connectivity index (χ0v) is 9.63. The maximum absolute atomic E-state index is 10.5. The predicted octanol–water partition coefficient (Wildman–Crippen LogP) is 2.58. The van der Waals surface area contributed by atoms with E-state index in [0.717, 1.165) is 10.0 Å². The van der Waals surface area contributed by atoms with Gasteiger partial charge in [-0.25, -0.2) is 0 Å². The van der Waals surface area contributed by atoms with Gasteiger partial charge in [-0.3, -0.25) is 10.1 Å². The van der Waals surface area contributed by atoms with Gasteiger partial charge < -0.3 is 5.73 Å². The smallest absolute Gasteiger partial charge is 0.283 e. The quantitative estimate of drug-likeness (QED) is 0.674. The van der Waals surface area contributed by atoms with Gasteiger partial charge in [-0.2, -0.15) is 0 Å². The van der Waals surface area contributed by atoms with Crippen molar-refractivity contribution < 1.29 is 4.92 Å². The van der Waals surface area contributed by atoms with E-state index in [1.54, 1.807) is 6.07 Å². The molecule has 6 heteroatoms. The van der Waals surface area contributed by atoms with Crippen LogP contribution in [0, 0.1) is 10.1 Å². The van der Waals surface area contributed by atoms with Crippen LogP contribution in [0.15, 0.2) is 21.1 Å². The third-order valence-electron chi connectivity index (χ3n) is 1.53. The van der Waals surface area contributed by atoms with E-state index in [0.29, 0.717) is 4.47 Å². The van der Waals surface area contributed by atoms with E-state index in [9.17, 15) is 10.1 Å². The molecular formula is C7H6Br2N2O2. The van der Waals surface area contributed by atoms with Gasteiger partial charge in [0, 0.05) is 17.1 Å². The maximum atomic E-state index is 10.5. The number of benzene rings is 1. The van der Waals surface area contributed by atoms with Crippen molar-refractivity contribution in [1.82, 2.24) is 0 Å². The lowest BCUT2D eigenvalue weighted by molar-refractivity contribution is -0.385. The average molecular weight is 310 g/mol. The molecule has 0 radical (unpaired) electrons. The zero-order valence-electron chi connectivity index (χ0n) is 6.46. The zero-order chi connectivity index (χ0) is 10.0. The van der Waals surface area contributed by atoms with E-state index < -0.39 is 4.92 Å². The molecule has 13 heavy (non-hydrogen) atoms. The van der Waals surface area contributed by atoms with Gasteiger partial charge in [-0.15, -0.1) is 0 Å². The summed E-state index contributed by atoms with van der Waals surface area (Å²) in [4.78, 5) is 10.1. The van der Waals surface area contributed by atoms with Gasteiger partial charge in [0.15, 0.2) is 0 Å². The highest BCUT2D eigenvalue weighted by molar-refractivity contribution is 9.11. The Hall–Kier alpha value is -0.460. The standard InChI is InChI=1S/C7H6Br2N2O2/c8-5-2-6(9)7(11(12)13)1-4(5)3-10/h1-2H,3,10H2. The SMILES string of the molecule is NCc1cc([N+](=O)[O-])c(Br)cc1Br. The van der Waals surface area contributed by atoms with Gasteiger partial charge >= 0.3 is 0 Å². The first kappa shape index (κ1) is 10.6. The number of rotatable bonds is 2. The first-order chi connectivity index (χ1) is 6.06. The first-order valence-electron chi connectivity index (χ1n) is 3.38. The molecule has 0 heterocycles. The summed E-state index contributed by atoms with van der Waals surface area (Å²) in [6, 6.07) is 3.08. The summed E-state index contributed by atoms with van der Waals surface area (Å²) in [6.07, 6.45) is 0. The minimum absolute atomic E-state index is 0.0312. The van der Waals surface area contributed by atoms with Gasteiger partial charge in [0.2, 0.25) is 0 Å². The van der Waals surface area contributed by atoms with Crippen molar-refractivity contribution in [2.45, 2.75) is 6.54 Å². The van der Waals surface area contributed by atoms with Crippen molar-refractivity contribution in [3.05, 3.63) is 36.8 Å². The van der Waals surface area contributed by atoms with Crippen LogP contribution in [0.1, 0.15) is 5.56 Å². The summed E-state index contributed by atoms with van der Waals surface area (Å²) >= 11 is 6.36. The molecule has 0 atom stereocenters. The summed E-state index contributed by atoms with van der Waals surface area (Å²) in [5.74, 6) is 0. The number of hydrogen-bond donors (Lipinski definition) is 1. The topological polar surface area (TPSA) is 69.2 Å². The lowest BCUT2D eigenvalue weighted by atomic mass is 10.2. The van der Waals surface area contributed by atoms with Crippen LogP contribution in [-0.4, -0.2) is 4.92 Å². The maximum Gasteiger partial charge on any atom is 0.283 e. The summed E-state index contributed by atoms with van der Waals surface area (Å²) in [7, 11) is 0. The van der Waals surface area contributed by atoms with Crippen molar-refractivity contribution in [2.24, 2.45) is 5.73 Å². The Morgan fingerprint density at radius 2 is 2.00 bits per heavy atom. The molecule has 0 bridgehead atoms. The molecule has 0 aliphatic rings. The Morgan fingerprint density at radius 1 is 1.38 bits per heavy atom. The van der Waals surface area contributed by atoms with Crippen LogP contribution >= 0.6 is 31.9 Å². The minimum Gasteiger partial charge on any atom is -0.326 e. The molecule has 1 aromatic rings. The summed E-state index contributed by atoms with van der Waals surface area (Å²) < 4.78 is 1.22. The number of nitrogens with two attached hydrogens (primary N) is 1. The van der Waals surface area contributed by atoms with E-state index in [2.05, 4.69) is 31.9 Å². The third-order valence-corrected chi connectivity index (χ3v) is 2.91. The number of nitro groups is 1. The van der Waals surface area contributed by atoms with Crippen LogP contribution in [0.2, 0.25) is 0 Å². The van der Waals surface area contributed by atoms with E-state index in [1.807, 2.05) is 0 Å². The Labute approximate surface area is 91.5 Å². The molecule has 0 fully saturated rings. The molecule has 2 N–H and O–H groups in total. The molecule has 0 unspecified atom stereocenters. The molecule has 70 valence electrons. The van der Waals surface area contributed by atoms with E-state index in [4.69, 9.17) is 5.73 Å². The first-order valence-corrected chi connectivity index (χ1v) is 4.97. The Morgan fingerprint density at radius 3 is 2.46 bits per heavy atom. The molecule has 0 aliphatic heterocycles. The molecule has 0 aliphatic carbocycles. The summed E-state index contributed by atoms with van der Waals surface area (Å²) in [5.41, 5.74) is 6.15. The highest BCUT2D eigenvalue weighted by atomic mass is 79.9. The van der Waals surface area contributed by atoms with Crippen LogP contribution in [0.5, 0.6) is 0 Å². The molecule has 1 aromatic carbocycles. The van der Waals surface area contributed by atoms with Gasteiger partial charge in [0.25, 0.3) is 5.69 Å². The normalized spacial score (nSPS) is 10.1. The van der Waals surface area contributed by atoms with Gasteiger partial charge in [0.1, 0.15) is 0 Å². The fourth-order valence-corrected chi connectivity index (χ4v) is 2.18. The second kappa shape index (κ2) is 4.17. The van der Waals surface area contributed by atoms with Crippen molar-refractivity contribution in [3.8, 4) is 0 Å². The number of hydrogen-bond acceptors (Lipinski definition) is 3. The molecular weight excluding hydrogens is 304 g/mol. The molecule has 0 spiro atoms. The molecule has 0 amide bonds. The van der Waals surface area contributed by atoms with Crippen LogP contribution in [0.25, 0.3) is 0 Å². The second-order valence-corrected chi connectivity index (χ2v) is 4.06. The molecule has 1 rings (SSSR count). The predicted molar refractivity (Wildman–Crippen MR) is 56.4 cm³/mol. The number of halogens is 2. The fourth-order valence-electron chi connectivity index (χ4n) is 0.877. The van der Waals surface area contributed by atoms with Gasteiger partial charge in [0.05, 0.1) is 9.40 Å². The van der Waals surface area contributed by atoms with Crippen molar-refractivity contribution in [2.75, 3.05) is 0 Å². The van der Waals surface area contributed by atoms with Crippen molar-refractivity contribution in [3.63, 3.8) is 0 Å². The Balaban J connectivity index is 3.30. The molecule has 0 saturated carbocycles. The van der Waals surface area contributed by atoms with E-state index in [1.165, 1.54) is 6.07 Å². The van der Waals surface area contributed by atoms with Crippen LogP contribution < -0.4 is 5.73 Å². The number of nitro benzene ring substituents is 1. The fraction of sp³-hybridized carbons (Fsp3) is 0.143. The summed E-state index contributed by atoms with van der Waals surface area (Å²) in [5, 5.41) is 10.5. The highest BCUT2D eigenvalue weighted by Gasteiger charge is 2.14. The average Bonchev–Trinajstić information content (AvgIpc) is 2.03. The highest BCUT2D eigenvalue weighted by Crippen LogP contribution is 2.30. The van der Waals surface area contributed by atoms with Crippen molar-refractivity contribution in [1.29, 1.82) is 0 Å². The van der Waals surface area contributed by atoms with Gasteiger partial charge in [-0.1, -0.05) is 15.9 Å². The van der Waals surface area contributed by atoms with E-state index >= 15 is 0 Å². The van der Waals surface area contributed by atoms with Crippen LogP contribution in [-0.2, 0) is 6.54 Å². The lowest BCUT2D eigenvalue weighted by Crippen LogP contribution is -1.99. The Bertz CT molecular complexity index is 355. The number of nitrogens with zero attached hydrogens (tertiary/aromatic N) is 1. The second-order valence-electron chi connectivity index (χ2n) is 2.36. The van der Waals surface area contributed by atoms with Crippen molar-refractivity contribution >= 4 is 37.5 Å². The third kappa shape index (κ3) is 2.26. The summed E-state index contributed by atoms with van der Waals surface area (Å²) in [6.45, 7) is 0.273. The monoisotopic (exact) mass is 308 g/mol. The minimum atomic E-state index is -0.449. The molecule has 0 aromatic heterocycles. The Kier molecular flexibility index (Phi) is 3.40. The van der Waals surface area contributed by atoms with Gasteiger partial charge in [-0.05, 0) is 27.6 Å². The molecule has 0 saturated heterocycles. The molecule has 4 nitrogen and oxygen atoms in total. The van der Waals surface area contributed by atoms with Crippen LogP contribution in [0.4, 0.5) is 5.69 Å².